The van der Waals surface area contributed by atoms with Gasteiger partial charge in [-0.25, -0.2) is 4.79 Å². The third-order valence-electron chi connectivity index (χ3n) is 5.49. The SMILES string of the molecule is Cc1ccccc1C(=O)OC1CCC2CCCCC2C1C=O. The molecule has 4 unspecified atom stereocenters. The summed E-state index contributed by atoms with van der Waals surface area (Å²) in [5.74, 6) is 0.656. The van der Waals surface area contributed by atoms with Crippen molar-refractivity contribution in [3.8, 4) is 0 Å². The van der Waals surface area contributed by atoms with Crippen molar-refractivity contribution in [2.24, 2.45) is 17.8 Å². The van der Waals surface area contributed by atoms with Gasteiger partial charge in [-0.2, -0.15) is 0 Å². The van der Waals surface area contributed by atoms with E-state index in [9.17, 15) is 9.59 Å². The van der Waals surface area contributed by atoms with E-state index in [1.807, 2.05) is 25.1 Å². The van der Waals surface area contributed by atoms with Crippen molar-refractivity contribution in [3.63, 3.8) is 0 Å². The van der Waals surface area contributed by atoms with Crippen LogP contribution in [0.25, 0.3) is 0 Å². The first-order valence-corrected chi connectivity index (χ1v) is 8.42. The number of esters is 1. The fraction of sp³-hybridized carbons (Fsp3) is 0.579. The van der Waals surface area contributed by atoms with Crippen LogP contribution in [0.2, 0.25) is 0 Å². The van der Waals surface area contributed by atoms with Crippen molar-refractivity contribution < 1.29 is 14.3 Å². The molecule has 3 nitrogen and oxygen atoms in total. The zero-order chi connectivity index (χ0) is 15.5. The van der Waals surface area contributed by atoms with Crippen LogP contribution in [0.3, 0.4) is 0 Å². The third kappa shape index (κ3) is 2.94. The summed E-state index contributed by atoms with van der Waals surface area (Å²) in [5.41, 5.74) is 1.53. The molecule has 1 aromatic carbocycles. The van der Waals surface area contributed by atoms with Crippen LogP contribution in [0.1, 0.15) is 54.4 Å². The topological polar surface area (TPSA) is 43.4 Å². The summed E-state index contributed by atoms with van der Waals surface area (Å²) in [4.78, 5) is 24.0. The van der Waals surface area contributed by atoms with E-state index in [1.54, 1.807) is 6.07 Å². The third-order valence-corrected chi connectivity index (χ3v) is 5.49. The molecule has 0 radical (unpaired) electrons. The van der Waals surface area contributed by atoms with Crippen LogP contribution in [0.5, 0.6) is 0 Å². The van der Waals surface area contributed by atoms with E-state index in [0.29, 0.717) is 17.4 Å². The quantitative estimate of drug-likeness (QED) is 0.627. The van der Waals surface area contributed by atoms with Gasteiger partial charge >= 0.3 is 5.97 Å². The lowest BCUT2D eigenvalue weighted by Crippen LogP contribution is -2.42. The molecule has 0 spiro atoms. The monoisotopic (exact) mass is 300 g/mol. The number of carbonyl (C=O) groups is 2. The highest BCUT2D eigenvalue weighted by Gasteiger charge is 2.42. The summed E-state index contributed by atoms with van der Waals surface area (Å²) in [6.07, 6.45) is 7.51. The van der Waals surface area contributed by atoms with E-state index >= 15 is 0 Å². The van der Waals surface area contributed by atoms with Gasteiger partial charge in [0.15, 0.2) is 0 Å². The summed E-state index contributed by atoms with van der Waals surface area (Å²) in [6, 6.07) is 7.46. The Balaban J connectivity index is 1.72. The number of hydrogen-bond acceptors (Lipinski definition) is 3. The van der Waals surface area contributed by atoms with Crippen LogP contribution in [0.15, 0.2) is 24.3 Å². The Hall–Kier alpha value is -1.64. The molecule has 0 aliphatic heterocycles. The average molecular weight is 300 g/mol. The zero-order valence-electron chi connectivity index (χ0n) is 13.2. The van der Waals surface area contributed by atoms with E-state index in [0.717, 1.165) is 31.1 Å². The van der Waals surface area contributed by atoms with Crippen LogP contribution in [0, 0.1) is 24.7 Å². The van der Waals surface area contributed by atoms with Crippen molar-refractivity contribution in [3.05, 3.63) is 35.4 Å². The molecule has 118 valence electrons. The van der Waals surface area contributed by atoms with Gasteiger partial charge in [-0.15, -0.1) is 0 Å². The maximum atomic E-state index is 12.4. The lowest BCUT2D eigenvalue weighted by atomic mass is 9.65. The van der Waals surface area contributed by atoms with Crippen LogP contribution in [0.4, 0.5) is 0 Å². The molecule has 2 fully saturated rings. The molecule has 0 heterocycles. The van der Waals surface area contributed by atoms with E-state index in [4.69, 9.17) is 4.74 Å². The minimum absolute atomic E-state index is 0.119. The van der Waals surface area contributed by atoms with E-state index in [1.165, 1.54) is 19.3 Å². The average Bonchev–Trinajstić information content (AvgIpc) is 2.55. The first-order valence-electron chi connectivity index (χ1n) is 8.42. The predicted molar refractivity (Wildman–Crippen MR) is 84.6 cm³/mol. The van der Waals surface area contributed by atoms with Crippen molar-refractivity contribution in [2.75, 3.05) is 0 Å². The Morgan fingerprint density at radius 1 is 1.14 bits per heavy atom. The van der Waals surface area contributed by atoms with Gasteiger partial charge < -0.3 is 9.53 Å². The van der Waals surface area contributed by atoms with Crippen molar-refractivity contribution in [2.45, 2.75) is 51.6 Å². The van der Waals surface area contributed by atoms with Crippen molar-refractivity contribution in [1.82, 2.24) is 0 Å². The predicted octanol–water partition coefficient (Wildman–Crippen LogP) is 3.94. The van der Waals surface area contributed by atoms with Gasteiger partial charge in [-0.1, -0.05) is 37.5 Å². The number of fused-ring (bicyclic) bond motifs is 1. The Bertz CT molecular complexity index is 551. The summed E-state index contributed by atoms with van der Waals surface area (Å²) in [6.45, 7) is 1.91. The lowest BCUT2D eigenvalue weighted by molar-refractivity contribution is -0.122. The molecule has 3 rings (SSSR count). The Morgan fingerprint density at radius 3 is 2.68 bits per heavy atom. The molecule has 0 aromatic heterocycles. The minimum Gasteiger partial charge on any atom is -0.458 e. The van der Waals surface area contributed by atoms with Crippen LogP contribution in [-0.2, 0) is 9.53 Å². The highest BCUT2D eigenvalue weighted by atomic mass is 16.5. The molecule has 22 heavy (non-hydrogen) atoms. The van der Waals surface area contributed by atoms with Gasteiger partial charge in [0, 0.05) is 0 Å². The summed E-state index contributed by atoms with van der Waals surface area (Å²) >= 11 is 0. The van der Waals surface area contributed by atoms with Crippen molar-refractivity contribution >= 4 is 12.3 Å². The largest absolute Gasteiger partial charge is 0.458 e. The van der Waals surface area contributed by atoms with Gasteiger partial charge in [0.25, 0.3) is 0 Å². The number of benzene rings is 1. The molecular formula is C19H24O3. The second-order valence-corrected chi connectivity index (χ2v) is 6.76. The molecule has 0 saturated heterocycles. The van der Waals surface area contributed by atoms with Crippen LogP contribution >= 0.6 is 0 Å². The molecule has 0 N–H and O–H groups in total. The highest BCUT2D eigenvalue weighted by Crippen LogP contribution is 2.44. The maximum Gasteiger partial charge on any atom is 0.338 e. The minimum atomic E-state index is -0.288. The van der Waals surface area contributed by atoms with Crippen LogP contribution < -0.4 is 0 Å². The first-order chi connectivity index (χ1) is 10.7. The number of rotatable bonds is 3. The van der Waals surface area contributed by atoms with Gasteiger partial charge in [-0.05, 0) is 49.7 Å². The fourth-order valence-electron chi connectivity index (χ4n) is 4.28. The maximum absolute atomic E-state index is 12.4. The summed E-state index contributed by atoms with van der Waals surface area (Å²) in [7, 11) is 0. The van der Waals surface area contributed by atoms with E-state index < -0.39 is 0 Å². The molecule has 3 heteroatoms. The summed E-state index contributed by atoms with van der Waals surface area (Å²) in [5, 5.41) is 0. The zero-order valence-corrected chi connectivity index (χ0v) is 13.2. The van der Waals surface area contributed by atoms with E-state index in [-0.39, 0.29) is 18.0 Å². The smallest absolute Gasteiger partial charge is 0.338 e. The molecule has 4 atom stereocenters. The van der Waals surface area contributed by atoms with Gasteiger partial charge in [-0.3, -0.25) is 0 Å². The van der Waals surface area contributed by atoms with Crippen LogP contribution in [-0.4, -0.2) is 18.4 Å². The molecule has 2 aliphatic carbocycles. The Morgan fingerprint density at radius 2 is 1.91 bits per heavy atom. The lowest BCUT2D eigenvalue weighted by Gasteiger charge is -2.42. The molecule has 2 saturated carbocycles. The van der Waals surface area contributed by atoms with Crippen molar-refractivity contribution in [1.29, 1.82) is 0 Å². The number of hydrogen-bond donors (Lipinski definition) is 0. The molecule has 0 amide bonds. The Kier molecular flexibility index (Phi) is 4.60. The molecule has 2 aliphatic rings. The standard InChI is InChI=1S/C19H24O3/c1-13-6-2-4-8-15(13)19(21)22-18-11-10-14-7-3-5-9-16(14)17(18)12-20/h2,4,6,8,12,14,16-18H,3,5,7,9-11H2,1H3. The van der Waals surface area contributed by atoms with Gasteiger partial charge in [0.2, 0.25) is 0 Å². The second kappa shape index (κ2) is 6.64. The highest BCUT2D eigenvalue weighted by molar-refractivity contribution is 5.91. The first kappa shape index (κ1) is 15.3. The molecule has 0 bridgehead atoms. The second-order valence-electron chi connectivity index (χ2n) is 6.76. The molecular weight excluding hydrogens is 276 g/mol. The fourth-order valence-corrected chi connectivity index (χ4v) is 4.28. The normalized spacial score (nSPS) is 31.1. The number of aryl methyl sites for hydroxylation is 1. The summed E-state index contributed by atoms with van der Waals surface area (Å²) < 4.78 is 5.74. The van der Waals surface area contributed by atoms with Gasteiger partial charge in [0.05, 0.1) is 11.5 Å². The van der Waals surface area contributed by atoms with E-state index in [2.05, 4.69) is 0 Å². The number of aldehydes is 1. The van der Waals surface area contributed by atoms with Gasteiger partial charge in [0.1, 0.15) is 12.4 Å². The number of ether oxygens (including phenoxy) is 1. The molecule has 1 aromatic rings. The number of carbonyl (C=O) groups excluding carboxylic acids is 2. The Labute approximate surface area is 132 Å².